The summed E-state index contributed by atoms with van der Waals surface area (Å²) in [7, 11) is 0. The van der Waals surface area contributed by atoms with E-state index in [0.717, 1.165) is 44.0 Å². The number of carbonyl (C=O) groups excluding carboxylic acids is 1. The molecule has 0 spiro atoms. The second-order valence-electron chi connectivity index (χ2n) is 5.55. The van der Waals surface area contributed by atoms with Gasteiger partial charge in [-0.2, -0.15) is 0 Å². The summed E-state index contributed by atoms with van der Waals surface area (Å²) < 4.78 is 13.6. The van der Waals surface area contributed by atoms with E-state index >= 15 is 0 Å². The monoisotopic (exact) mass is 293 g/mol. The van der Waals surface area contributed by atoms with Crippen molar-refractivity contribution in [2.24, 2.45) is 0 Å². The van der Waals surface area contributed by atoms with E-state index < -0.39 is 0 Å². The maximum atomic E-state index is 13.6. The minimum absolute atomic E-state index is 0.103. The molecule has 1 saturated heterocycles. The summed E-state index contributed by atoms with van der Waals surface area (Å²) in [5.41, 5.74) is 1.86. The van der Waals surface area contributed by atoms with Crippen LogP contribution in [0.2, 0.25) is 0 Å². The minimum Gasteiger partial charge on any atom is -0.369 e. The van der Waals surface area contributed by atoms with Gasteiger partial charge in [-0.15, -0.1) is 0 Å². The zero-order chi connectivity index (χ0) is 15.4. The quantitative estimate of drug-likeness (QED) is 0.924. The molecule has 21 heavy (non-hydrogen) atoms. The predicted octanol–water partition coefficient (Wildman–Crippen LogP) is 2.16. The van der Waals surface area contributed by atoms with Crippen LogP contribution in [0.25, 0.3) is 0 Å². The van der Waals surface area contributed by atoms with E-state index in [2.05, 4.69) is 22.0 Å². The maximum absolute atomic E-state index is 13.6. The zero-order valence-corrected chi connectivity index (χ0v) is 13.0. The first kappa shape index (κ1) is 15.8. The summed E-state index contributed by atoms with van der Waals surface area (Å²) in [6.07, 6.45) is 0. The summed E-state index contributed by atoms with van der Waals surface area (Å²) >= 11 is 0. The third-order valence-electron chi connectivity index (χ3n) is 4.04. The lowest BCUT2D eigenvalue weighted by molar-refractivity contribution is -0.119. The number of piperazine rings is 1. The number of anilines is 1. The Morgan fingerprint density at radius 1 is 1.33 bits per heavy atom. The first-order chi connectivity index (χ1) is 10.0. The molecule has 0 saturated carbocycles. The summed E-state index contributed by atoms with van der Waals surface area (Å²) in [6.45, 7) is 10.5. The highest BCUT2D eigenvalue weighted by Crippen LogP contribution is 2.28. The van der Waals surface area contributed by atoms with Gasteiger partial charge in [-0.25, -0.2) is 4.39 Å². The second-order valence-corrected chi connectivity index (χ2v) is 5.55. The van der Waals surface area contributed by atoms with Gasteiger partial charge in [0.25, 0.3) is 0 Å². The molecule has 1 N–H and O–H groups in total. The first-order valence-electron chi connectivity index (χ1n) is 7.55. The van der Waals surface area contributed by atoms with Crippen LogP contribution in [-0.2, 0) is 4.79 Å². The van der Waals surface area contributed by atoms with Crippen LogP contribution in [-0.4, -0.2) is 43.5 Å². The van der Waals surface area contributed by atoms with Crippen LogP contribution in [0.3, 0.4) is 0 Å². The minimum atomic E-state index is -0.266. The molecule has 1 amide bonds. The molecule has 5 heteroatoms. The number of rotatable bonds is 4. The van der Waals surface area contributed by atoms with Crippen LogP contribution in [0.5, 0.6) is 0 Å². The lowest BCUT2D eigenvalue weighted by Gasteiger charge is -2.37. The van der Waals surface area contributed by atoms with Crippen molar-refractivity contribution in [2.75, 3.05) is 37.6 Å². The smallest absolute Gasteiger partial charge is 0.217 e. The van der Waals surface area contributed by atoms with E-state index in [1.807, 2.05) is 13.0 Å². The molecule has 0 aromatic heterocycles. The Balaban J connectivity index is 2.21. The Labute approximate surface area is 125 Å². The highest BCUT2D eigenvalue weighted by atomic mass is 19.1. The van der Waals surface area contributed by atoms with Crippen LogP contribution in [0.1, 0.15) is 32.4 Å². The number of nitrogens with one attached hydrogen (secondary N) is 1. The van der Waals surface area contributed by atoms with E-state index in [4.69, 9.17) is 0 Å². The Bertz CT molecular complexity index is 498. The lowest BCUT2D eigenvalue weighted by Crippen LogP contribution is -2.46. The molecule has 1 heterocycles. The zero-order valence-electron chi connectivity index (χ0n) is 13.0. The van der Waals surface area contributed by atoms with E-state index in [9.17, 15) is 9.18 Å². The number of benzene rings is 1. The predicted molar refractivity (Wildman–Crippen MR) is 83.0 cm³/mol. The molecule has 1 atom stereocenters. The van der Waals surface area contributed by atoms with Crippen LogP contribution < -0.4 is 10.2 Å². The van der Waals surface area contributed by atoms with Gasteiger partial charge in [-0.3, -0.25) is 4.79 Å². The SMILES string of the molecule is CCN1CCN(c2ccc(F)cc2C(C)NC(C)=O)CC1. The van der Waals surface area contributed by atoms with Gasteiger partial charge in [0.05, 0.1) is 6.04 Å². The van der Waals surface area contributed by atoms with Crippen molar-refractivity contribution in [1.82, 2.24) is 10.2 Å². The van der Waals surface area contributed by atoms with Crippen molar-refractivity contribution in [1.29, 1.82) is 0 Å². The average molecular weight is 293 g/mol. The standard InChI is InChI=1S/C16H24FN3O/c1-4-19-7-9-20(10-8-19)16-6-5-14(17)11-15(16)12(2)18-13(3)21/h5-6,11-12H,4,7-10H2,1-3H3,(H,18,21). The number of hydrogen-bond acceptors (Lipinski definition) is 3. The van der Waals surface area contributed by atoms with Gasteiger partial charge >= 0.3 is 0 Å². The van der Waals surface area contributed by atoms with Crippen LogP contribution in [0.15, 0.2) is 18.2 Å². The van der Waals surface area contributed by atoms with Crippen LogP contribution in [0, 0.1) is 5.82 Å². The fraction of sp³-hybridized carbons (Fsp3) is 0.562. The van der Waals surface area contributed by atoms with Crippen molar-refractivity contribution >= 4 is 11.6 Å². The first-order valence-corrected chi connectivity index (χ1v) is 7.55. The van der Waals surface area contributed by atoms with E-state index in [1.165, 1.54) is 19.1 Å². The Hall–Kier alpha value is -1.62. The molecule has 0 aliphatic carbocycles. The fourth-order valence-electron chi connectivity index (χ4n) is 2.85. The molecule has 2 rings (SSSR count). The molecular formula is C16H24FN3O. The molecule has 0 bridgehead atoms. The third-order valence-corrected chi connectivity index (χ3v) is 4.04. The van der Waals surface area contributed by atoms with E-state index in [1.54, 1.807) is 0 Å². The summed E-state index contributed by atoms with van der Waals surface area (Å²) in [5, 5.41) is 2.84. The Morgan fingerprint density at radius 3 is 2.57 bits per heavy atom. The molecule has 4 nitrogen and oxygen atoms in total. The van der Waals surface area contributed by atoms with E-state index in [0.29, 0.717) is 0 Å². The number of halogens is 1. The molecular weight excluding hydrogens is 269 g/mol. The molecule has 1 aliphatic rings. The number of nitrogens with zero attached hydrogens (tertiary/aromatic N) is 2. The molecule has 116 valence electrons. The van der Waals surface area contributed by atoms with Gasteiger partial charge in [-0.05, 0) is 31.7 Å². The van der Waals surface area contributed by atoms with Gasteiger partial charge in [0.1, 0.15) is 5.82 Å². The molecule has 1 unspecified atom stereocenters. The van der Waals surface area contributed by atoms with Crippen molar-refractivity contribution in [3.05, 3.63) is 29.6 Å². The summed E-state index contributed by atoms with van der Waals surface area (Å²) in [5.74, 6) is -0.369. The molecule has 1 aliphatic heterocycles. The molecule has 1 fully saturated rings. The number of likely N-dealkylation sites (N-methyl/N-ethyl adjacent to an activating group) is 1. The van der Waals surface area contributed by atoms with Crippen molar-refractivity contribution < 1.29 is 9.18 Å². The maximum Gasteiger partial charge on any atom is 0.217 e. The summed E-state index contributed by atoms with van der Waals surface area (Å²) in [4.78, 5) is 15.9. The average Bonchev–Trinajstić information content (AvgIpc) is 2.46. The Morgan fingerprint density at radius 2 is 2.00 bits per heavy atom. The van der Waals surface area contributed by atoms with Gasteiger partial charge < -0.3 is 15.1 Å². The number of carbonyl (C=O) groups is 1. The van der Waals surface area contributed by atoms with Crippen molar-refractivity contribution in [2.45, 2.75) is 26.8 Å². The van der Waals surface area contributed by atoms with Crippen molar-refractivity contribution in [3.63, 3.8) is 0 Å². The topological polar surface area (TPSA) is 35.6 Å². The number of amides is 1. The normalized spacial score (nSPS) is 17.6. The number of hydrogen-bond donors (Lipinski definition) is 1. The Kier molecular flexibility index (Phi) is 5.17. The summed E-state index contributed by atoms with van der Waals surface area (Å²) in [6, 6.07) is 4.65. The largest absolute Gasteiger partial charge is 0.369 e. The lowest BCUT2D eigenvalue weighted by atomic mass is 10.0. The van der Waals surface area contributed by atoms with Crippen LogP contribution >= 0.6 is 0 Å². The second kappa shape index (κ2) is 6.89. The van der Waals surface area contributed by atoms with E-state index in [-0.39, 0.29) is 17.8 Å². The van der Waals surface area contributed by atoms with Gasteiger partial charge in [0, 0.05) is 44.4 Å². The van der Waals surface area contributed by atoms with Gasteiger partial charge in [0.15, 0.2) is 0 Å². The molecule has 0 radical (unpaired) electrons. The van der Waals surface area contributed by atoms with Crippen molar-refractivity contribution in [3.8, 4) is 0 Å². The third kappa shape index (κ3) is 3.94. The molecule has 1 aromatic carbocycles. The van der Waals surface area contributed by atoms with Gasteiger partial charge in [-0.1, -0.05) is 6.92 Å². The van der Waals surface area contributed by atoms with Gasteiger partial charge in [0.2, 0.25) is 5.91 Å². The van der Waals surface area contributed by atoms with Crippen LogP contribution in [0.4, 0.5) is 10.1 Å². The highest BCUT2D eigenvalue weighted by molar-refractivity contribution is 5.74. The molecule has 1 aromatic rings. The fourth-order valence-corrected chi connectivity index (χ4v) is 2.85. The highest BCUT2D eigenvalue weighted by Gasteiger charge is 2.21.